The predicted molar refractivity (Wildman–Crippen MR) is 52.7 cm³/mol. The topological polar surface area (TPSA) is 92.4 Å². The van der Waals surface area contributed by atoms with Crippen LogP contribution in [0.3, 0.4) is 0 Å². The Kier molecular flexibility index (Phi) is 6.39. The van der Waals surface area contributed by atoms with Gasteiger partial charge in [0.2, 0.25) is 5.91 Å². The smallest absolute Gasteiger partial charge is 0.320 e. The number of carboxylic acids is 1. The monoisotopic (exact) mass is 200 g/mol. The number of nitrogens with one attached hydrogen (secondary N) is 1. The summed E-state index contributed by atoms with van der Waals surface area (Å²) in [5.74, 6) is -1.20. The molecule has 5 nitrogen and oxygen atoms in total. The molecule has 0 aliphatic rings. The average Bonchev–Trinajstić information content (AvgIpc) is 2.16. The lowest BCUT2D eigenvalue weighted by atomic mass is 10.1. The number of rotatable bonds is 7. The number of hydrogen-bond acceptors (Lipinski definition) is 3. The molecule has 0 saturated heterocycles. The first-order chi connectivity index (χ1) is 6.57. The Hall–Kier alpha value is -1.36. The first kappa shape index (κ1) is 12.6. The Balaban J connectivity index is 3.34. The summed E-state index contributed by atoms with van der Waals surface area (Å²) in [6, 6.07) is -0.801. The Morgan fingerprint density at radius 2 is 2.14 bits per heavy atom. The van der Waals surface area contributed by atoms with Gasteiger partial charge in [-0.1, -0.05) is 6.58 Å². The van der Waals surface area contributed by atoms with Gasteiger partial charge in [-0.3, -0.25) is 9.59 Å². The molecule has 0 rings (SSSR count). The van der Waals surface area contributed by atoms with Crippen molar-refractivity contribution < 1.29 is 14.7 Å². The van der Waals surface area contributed by atoms with Crippen molar-refractivity contribution >= 4 is 11.9 Å². The Bertz CT molecular complexity index is 216. The second-order valence-corrected chi connectivity index (χ2v) is 2.94. The lowest BCUT2D eigenvalue weighted by molar-refractivity contribution is -0.138. The van der Waals surface area contributed by atoms with Crippen LogP contribution in [0.15, 0.2) is 12.7 Å². The van der Waals surface area contributed by atoms with E-state index in [9.17, 15) is 9.59 Å². The van der Waals surface area contributed by atoms with E-state index < -0.39 is 12.0 Å². The highest BCUT2D eigenvalue weighted by Gasteiger charge is 2.09. The van der Waals surface area contributed by atoms with E-state index in [2.05, 4.69) is 11.9 Å². The van der Waals surface area contributed by atoms with Crippen molar-refractivity contribution in [1.82, 2.24) is 5.32 Å². The van der Waals surface area contributed by atoms with E-state index in [4.69, 9.17) is 10.8 Å². The highest BCUT2D eigenvalue weighted by atomic mass is 16.4. The molecule has 0 fully saturated rings. The van der Waals surface area contributed by atoms with Crippen LogP contribution >= 0.6 is 0 Å². The predicted octanol–water partition coefficient (Wildman–Crippen LogP) is -0.129. The molecular weight excluding hydrogens is 184 g/mol. The quantitative estimate of drug-likeness (QED) is 0.394. The molecule has 1 atom stereocenters. The van der Waals surface area contributed by atoms with E-state index in [1.807, 2.05) is 0 Å². The summed E-state index contributed by atoms with van der Waals surface area (Å²) in [6.07, 6.45) is 3.04. The first-order valence-corrected chi connectivity index (χ1v) is 4.46. The van der Waals surface area contributed by atoms with Gasteiger partial charge in [-0.05, 0) is 25.3 Å². The van der Waals surface area contributed by atoms with Crippen LogP contribution in [0.25, 0.3) is 0 Å². The van der Waals surface area contributed by atoms with E-state index >= 15 is 0 Å². The molecule has 0 spiro atoms. The third-order valence-corrected chi connectivity index (χ3v) is 1.74. The van der Waals surface area contributed by atoms with Crippen molar-refractivity contribution in [2.75, 3.05) is 6.54 Å². The molecule has 0 radical (unpaired) electrons. The van der Waals surface area contributed by atoms with Crippen molar-refractivity contribution in [3.8, 4) is 0 Å². The maximum Gasteiger partial charge on any atom is 0.320 e. The van der Waals surface area contributed by atoms with Gasteiger partial charge in [0.05, 0.1) is 0 Å². The molecule has 0 heterocycles. The average molecular weight is 200 g/mol. The molecule has 5 heteroatoms. The zero-order chi connectivity index (χ0) is 11.0. The number of carbonyl (C=O) groups excluding carboxylic acids is 1. The van der Waals surface area contributed by atoms with Crippen LogP contribution in [-0.4, -0.2) is 29.6 Å². The van der Waals surface area contributed by atoms with Crippen LogP contribution in [0.4, 0.5) is 0 Å². The molecule has 0 aliphatic carbocycles. The van der Waals surface area contributed by atoms with Crippen LogP contribution in [0, 0.1) is 0 Å². The number of hydrogen-bond donors (Lipinski definition) is 3. The standard InChI is InChI=1S/C9H16N2O3/c1-2-8(12)11-6-4-3-5-7(10)9(13)14/h2,7H,1,3-6,10H2,(H,11,12)(H,13,14). The van der Waals surface area contributed by atoms with Crippen molar-refractivity contribution in [3.63, 3.8) is 0 Å². The first-order valence-electron chi connectivity index (χ1n) is 4.46. The fourth-order valence-corrected chi connectivity index (χ4v) is 0.896. The fourth-order valence-electron chi connectivity index (χ4n) is 0.896. The number of carboxylic acid groups (broad SMARTS) is 1. The lowest BCUT2D eigenvalue weighted by Gasteiger charge is -2.05. The molecule has 14 heavy (non-hydrogen) atoms. The highest BCUT2D eigenvalue weighted by Crippen LogP contribution is 1.97. The van der Waals surface area contributed by atoms with E-state index in [-0.39, 0.29) is 5.91 Å². The zero-order valence-corrected chi connectivity index (χ0v) is 8.03. The Morgan fingerprint density at radius 1 is 1.50 bits per heavy atom. The zero-order valence-electron chi connectivity index (χ0n) is 8.03. The summed E-state index contributed by atoms with van der Waals surface area (Å²) < 4.78 is 0. The SMILES string of the molecule is C=CC(=O)NCCCCC(N)C(=O)O. The van der Waals surface area contributed by atoms with Gasteiger partial charge in [0, 0.05) is 6.54 Å². The van der Waals surface area contributed by atoms with Crippen LogP contribution in [0.5, 0.6) is 0 Å². The molecule has 0 aromatic rings. The molecule has 80 valence electrons. The second kappa shape index (κ2) is 7.08. The van der Waals surface area contributed by atoms with Gasteiger partial charge in [0.1, 0.15) is 6.04 Å². The number of amides is 1. The molecule has 0 bridgehead atoms. The van der Waals surface area contributed by atoms with Crippen molar-refractivity contribution in [2.45, 2.75) is 25.3 Å². The summed E-state index contributed by atoms with van der Waals surface area (Å²) in [4.78, 5) is 21.0. The van der Waals surface area contributed by atoms with Crippen molar-refractivity contribution in [3.05, 3.63) is 12.7 Å². The Labute approximate surface area is 83.0 Å². The molecule has 0 aliphatic heterocycles. The Morgan fingerprint density at radius 3 is 2.64 bits per heavy atom. The molecule has 0 saturated carbocycles. The highest BCUT2D eigenvalue weighted by molar-refractivity contribution is 5.86. The fraction of sp³-hybridized carbons (Fsp3) is 0.556. The number of aliphatic carboxylic acids is 1. The second-order valence-electron chi connectivity index (χ2n) is 2.94. The maximum absolute atomic E-state index is 10.7. The van der Waals surface area contributed by atoms with E-state index in [1.54, 1.807) is 0 Å². The molecule has 0 aromatic carbocycles. The number of carbonyl (C=O) groups is 2. The lowest BCUT2D eigenvalue weighted by Crippen LogP contribution is -2.30. The molecule has 4 N–H and O–H groups in total. The molecule has 1 unspecified atom stereocenters. The molecular formula is C9H16N2O3. The minimum absolute atomic E-state index is 0.215. The molecule has 1 amide bonds. The summed E-state index contributed by atoms with van der Waals surface area (Å²) in [5.41, 5.74) is 5.28. The van der Waals surface area contributed by atoms with E-state index in [0.717, 1.165) is 6.42 Å². The maximum atomic E-state index is 10.7. The van der Waals surface area contributed by atoms with Gasteiger partial charge in [0.25, 0.3) is 0 Å². The van der Waals surface area contributed by atoms with E-state index in [0.29, 0.717) is 19.4 Å². The number of nitrogens with two attached hydrogens (primary N) is 1. The van der Waals surface area contributed by atoms with Crippen molar-refractivity contribution in [2.24, 2.45) is 5.73 Å². The van der Waals surface area contributed by atoms with Gasteiger partial charge >= 0.3 is 5.97 Å². The van der Waals surface area contributed by atoms with Crippen LogP contribution in [-0.2, 0) is 9.59 Å². The third-order valence-electron chi connectivity index (χ3n) is 1.74. The van der Waals surface area contributed by atoms with Crippen LogP contribution < -0.4 is 11.1 Å². The van der Waals surface area contributed by atoms with Gasteiger partial charge in [-0.15, -0.1) is 0 Å². The summed E-state index contributed by atoms with van der Waals surface area (Å²) in [5, 5.41) is 11.0. The van der Waals surface area contributed by atoms with Crippen LogP contribution in [0.1, 0.15) is 19.3 Å². The van der Waals surface area contributed by atoms with Gasteiger partial charge in [-0.25, -0.2) is 0 Å². The minimum Gasteiger partial charge on any atom is -0.480 e. The minimum atomic E-state index is -0.986. The summed E-state index contributed by atoms with van der Waals surface area (Å²) in [6.45, 7) is 3.83. The molecule has 0 aromatic heterocycles. The van der Waals surface area contributed by atoms with Gasteiger partial charge in [0.15, 0.2) is 0 Å². The van der Waals surface area contributed by atoms with E-state index in [1.165, 1.54) is 6.08 Å². The van der Waals surface area contributed by atoms with Gasteiger partial charge in [-0.2, -0.15) is 0 Å². The van der Waals surface area contributed by atoms with Crippen molar-refractivity contribution in [1.29, 1.82) is 0 Å². The van der Waals surface area contributed by atoms with Crippen LogP contribution in [0.2, 0.25) is 0 Å². The summed E-state index contributed by atoms with van der Waals surface area (Å²) >= 11 is 0. The third kappa shape index (κ3) is 6.19. The summed E-state index contributed by atoms with van der Waals surface area (Å²) in [7, 11) is 0. The number of unbranched alkanes of at least 4 members (excludes halogenated alkanes) is 1. The largest absolute Gasteiger partial charge is 0.480 e. The van der Waals surface area contributed by atoms with Gasteiger partial charge < -0.3 is 16.2 Å². The normalized spacial score (nSPS) is 11.8.